The molecule has 0 spiro atoms. The second-order valence-electron chi connectivity index (χ2n) is 4.59. The molecule has 0 radical (unpaired) electrons. The van der Waals surface area contributed by atoms with Gasteiger partial charge in [-0.25, -0.2) is 4.79 Å². The van der Waals surface area contributed by atoms with Crippen LogP contribution < -0.4 is 10.6 Å². The monoisotopic (exact) mass is 252 g/mol. The molecule has 0 aromatic rings. The molecule has 1 atom stereocenters. The molecule has 1 rings (SSSR count). The van der Waals surface area contributed by atoms with Crippen LogP contribution >= 0.6 is 0 Å². The number of rotatable bonds is 6. The van der Waals surface area contributed by atoms with Crippen molar-refractivity contribution in [3.05, 3.63) is 0 Å². The Morgan fingerprint density at radius 3 is 2.56 bits per heavy atom. The van der Waals surface area contributed by atoms with Gasteiger partial charge in [-0.15, -0.1) is 6.42 Å². The van der Waals surface area contributed by atoms with Gasteiger partial charge in [0, 0.05) is 0 Å². The van der Waals surface area contributed by atoms with Gasteiger partial charge in [0.05, 0.1) is 13.1 Å². The van der Waals surface area contributed by atoms with Crippen LogP contribution in [0.15, 0.2) is 0 Å². The van der Waals surface area contributed by atoms with Gasteiger partial charge in [-0.1, -0.05) is 25.2 Å². The minimum Gasteiger partial charge on any atom is -0.480 e. The molecule has 0 saturated heterocycles. The van der Waals surface area contributed by atoms with Gasteiger partial charge in [0.25, 0.3) is 0 Å². The van der Waals surface area contributed by atoms with Crippen LogP contribution in [0.25, 0.3) is 0 Å². The lowest BCUT2D eigenvalue weighted by molar-refractivity contribution is -0.143. The Kier molecular flexibility index (Phi) is 6.23. The summed E-state index contributed by atoms with van der Waals surface area (Å²) >= 11 is 0. The Morgan fingerprint density at radius 1 is 1.33 bits per heavy atom. The summed E-state index contributed by atoms with van der Waals surface area (Å²) in [7, 11) is 0. The van der Waals surface area contributed by atoms with Gasteiger partial charge in [0.1, 0.15) is 6.04 Å². The van der Waals surface area contributed by atoms with Crippen LogP contribution in [-0.4, -0.2) is 36.1 Å². The van der Waals surface area contributed by atoms with Crippen LogP contribution in [0.4, 0.5) is 0 Å². The number of terminal acetylenes is 1. The molecule has 0 aromatic heterocycles. The topological polar surface area (TPSA) is 78.4 Å². The first-order chi connectivity index (χ1) is 8.65. The number of nitrogens with one attached hydrogen (secondary N) is 2. The number of aliphatic carboxylic acids is 1. The lowest BCUT2D eigenvalue weighted by Gasteiger charge is -2.28. The van der Waals surface area contributed by atoms with Crippen LogP contribution in [0.5, 0.6) is 0 Å². The van der Waals surface area contributed by atoms with E-state index in [1.807, 2.05) is 0 Å². The van der Waals surface area contributed by atoms with Gasteiger partial charge < -0.3 is 10.4 Å². The third-order valence-corrected chi connectivity index (χ3v) is 3.22. The highest BCUT2D eigenvalue weighted by Crippen LogP contribution is 2.26. The van der Waals surface area contributed by atoms with Gasteiger partial charge >= 0.3 is 5.97 Å². The van der Waals surface area contributed by atoms with E-state index in [0.717, 1.165) is 32.1 Å². The fraction of sp³-hybridized carbons (Fsp3) is 0.692. The molecule has 1 aliphatic carbocycles. The van der Waals surface area contributed by atoms with E-state index in [1.165, 1.54) is 0 Å². The highest BCUT2D eigenvalue weighted by Gasteiger charge is 2.30. The van der Waals surface area contributed by atoms with Crippen molar-refractivity contribution in [2.75, 3.05) is 13.1 Å². The van der Waals surface area contributed by atoms with E-state index in [-0.39, 0.29) is 18.4 Å². The molecule has 3 N–H and O–H groups in total. The standard InChI is InChI=1S/C13H20N2O3/c1-2-8-14-9-11(16)15-12(13(17)18)10-6-4-3-5-7-10/h1,10,12,14H,3-9H2,(H,15,16)(H,17,18). The summed E-state index contributed by atoms with van der Waals surface area (Å²) in [5, 5.41) is 14.5. The van der Waals surface area contributed by atoms with Crippen molar-refractivity contribution in [3.8, 4) is 12.3 Å². The molecule has 0 heterocycles. The SMILES string of the molecule is C#CCNCC(=O)NC(C(=O)O)C1CCCCC1. The number of carbonyl (C=O) groups excluding carboxylic acids is 1. The zero-order valence-corrected chi connectivity index (χ0v) is 10.4. The maximum absolute atomic E-state index is 11.6. The van der Waals surface area contributed by atoms with E-state index in [4.69, 9.17) is 6.42 Å². The molecule has 1 amide bonds. The predicted octanol–water partition coefficient (Wildman–Crippen LogP) is 0.359. The molecular weight excluding hydrogens is 232 g/mol. The molecule has 1 aliphatic rings. The van der Waals surface area contributed by atoms with Crippen molar-refractivity contribution in [1.82, 2.24) is 10.6 Å². The number of carboxylic acid groups (broad SMARTS) is 1. The third kappa shape index (κ3) is 4.76. The number of carboxylic acids is 1. The normalized spacial score (nSPS) is 17.7. The van der Waals surface area contributed by atoms with E-state index >= 15 is 0 Å². The maximum Gasteiger partial charge on any atom is 0.326 e. The molecule has 0 bridgehead atoms. The third-order valence-electron chi connectivity index (χ3n) is 3.22. The van der Waals surface area contributed by atoms with Crippen LogP contribution in [0, 0.1) is 18.3 Å². The second kappa shape index (κ2) is 7.72. The van der Waals surface area contributed by atoms with E-state index < -0.39 is 12.0 Å². The molecule has 1 fully saturated rings. The highest BCUT2D eigenvalue weighted by molar-refractivity contribution is 5.84. The molecular formula is C13H20N2O3. The fourth-order valence-corrected chi connectivity index (χ4v) is 2.32. The van der Waals surface area contributed by atoms with Gasteiger partial charge in [0.15, 0.2) is 0 Å². The van der Waals surface area contributed by atoms with E-state index in [0.29, 0.717) is 6.54 Å². The average Bonchev–Trinajstić information content (AvgIpc) is 2.37. The lowest BCUT2D eigenvalue weighted by Crippen LogP contribution is -2.49. The van der Waals surface area contributed by atoms with E-state index in [2.05, 4.69) is 16.6 Å². The molecule has 0 aromatic carbocycles. The first-order valence-electron chi connectivity index (χ1n) is 6.31. The Labute approximate surface area is 107 Å². The highest BCUT2D eigenvalue weighted by atomic mass is 16.4. The largest absolute Gasteiger partial charge is 0.480 e. The zero-order valence-electron chi connectivity index (χ0n) is 10.4. The van der Waals surface area contributed by atoms with Gasteiger partial charge in [-0.3, -0.25) is 10.1 Å². The zero-order chi connectivity index (χ0) is 13.4. The fourth-order valence-electron chi connectivity index (χ4n) is 2.32. The Balaban J connectivity index is 2.44. The van der Waals surface area contributed by atoms with Crippen molar-refractivity contribution in [2.24, 2.45) is 5.92 Å². The molecule has 100 valence electrons. The van der Waals surface area contributed by atoms with Crippen LogP contribution in [-0.2, 0) is 9.59 Å². The molecule has 1 unspecified atom stereocenters. The lowest BCUT2D eigenvalue weighted by atomic mass is 9.84. The molecule has 18 heavy (non-hydrogen) atoms. The second-order valence-corrected chi connectivity index (χ2v) is 4.59. The van der Waals surface area contributed by atoms with Crippen molar-refractivity contribution >= 4 is 11.9 Å². The van der Waals surface area contributed by atoms with Gasteiger partial charge in [0.2, 0.25) is 5.91 Å². The van der Waals surface area contributed by atoms with Crippen molar-refractivity contribution in [2.45, 2.75) is 38.1 Å². The smallest absolute Gasteiger partial charge is 0.326 e. The Morgan fingerprint density at radius 2 is 2.00 bits per heavy atom. The molecule has 5 nitrogen and oxygen atoms in total. The Bertz CT molecular complexity index is 330. The summed E-state index contributed by atoms with van der Waals surface area (Å²) < 4.78 is 0. The predicted molar refractivity (Wildman–Crippen MR) is 67.8 cm³/mol. The van der Waals surface area contributed by atoms with Crippen LogP contribution in [0.1, 0.15) is 32.1 Å². The summed E-state index contributed by atoms with van der Waals surface area (Å²) in [4.78, 5) is 22.8. The van der Waals surface area contributed by atoms with Gasteiger partial charge in [-0.2, -0.15) is 0 Å². The molecule has 5 heteroatoms. The number of hydrogen-bond donors (Lipinski definition) is 3. The van der Waals surface area contributed by atoms with Gasteiger partial charge in [-0.05, 0) is 18.8 Å². The summed E-state index contributed by atoms with van der Waals surface area (Å²) in [6.45, 7) is 0.356. The number of amides is 1. The maximum atomic E-state index is 11.6. The summed E-state index contributed by atoms with van der Waals surface area (Å²) in [6, 6.07) is -0.773. The first-order valence-corrected chi connectivity index (χ1v) is 6.31. The number of hydrogen-bond acceptors (Lipinski definition) is 3. The molecule has 0 aliphatic heterocycles. The molecule has 1 saturated carbocycles. The van der Waals surface area contributed by atoms with Crippen LogP contribution in [0.2, 0.25) is 0 Å². The minimum atomic E-state index is -0.952. The average molecular weight is 252 g/mol. The van der Waals surface area contributed by atoms with Crippen LogP contribution in [0.3, 0.4) is 0 Å². The summed E-state index contributed by atoms with van der Waals surface area (Å²) in [5.41, 5.74) is 0. The first kappa shape index (κ1) is 14.5. The van der Waals surface area contributed by atoms with Crippen molar-refractivity contribution in [3.63, 3.8) is 0 Å². The number of carbonyl (C=O) groups is 2. The minimum absolute atomic E-state index is 0.0489. The quantitative estimate of drug-likeness (QED) is 0.471. The summed E-state index contributed by atoms with van der Waals surface area (Å²) in [6.07, 6.45) is 10.0. The summed E-state index contributed by atoms with van der Waals surface area (Å²) in [5.74, 6) is 1.14. The van der Waals surface area contributed by atoms with Crippen molar-refractivity contribution in [1.29, 1.82) is 0 Å². The van der Waals surface area contributed by atoms with E-state index in [1.54, 1.807) is 0 Å². The van der Waals surface area contributed by atoms with Crippen molar-refractivity contribution < 1.29 is 14.7 Å². The van der Waals surface area contributed by atoms with E-state index in [9.17, 15) is 14.7 Å². The Hall–Kier alpha value is -1.54.